The summed E-state index contributed by atoms with van der Waals surface area (Å²) in [7, 11) is 0. The summed E-state index contributed by atoms with van der Waals surface area (Å²) in [5, 5.41) is 12.2. The molecule has 0 saturated heterocycles. The quantitative estimate of drug-likeness (QED) is 0.414. The Kier molecular flexibility index (Phi) is 5.91. The van der Waals surface area contributed by atoms with E-state index >= 15 is 0 Å². The lowest BCUT2D eigenvalue weighted by molar-refractivity contribution is -0.143. The summed E-state index contributed by atoms with van der Waals surface area (Å²) in [5.41, 5.74) is -3.32. The largest absolute Gasteiger partial charge is 0.507 e. The van der Waals surface area contributed by atoms with E-state index in [0.29, 0.717) is 23.3 Å². The minimum atomic E-state index is -5.07. The number of carbonyl (C=O) groups excluding carboxylic acids is 1. The van der Waals surface area contributed by atoms with Crippen molar-refractivity contribution in [3.05, 3.63) is 82.4 Å². The third-order valence-corrected chi connectivity index (χ3v) is 4.57. The highest BCUT2D eigenvalue weighted by Gasteiger charge is 2.37. The summed E-state index contributed by atoms with van der Waals surface area (Å²) >= 11 is 6.16. The van der Waals surface area contributed by atoms with Crippen LogP contribution in [0, 0.1) is 0 Å². The van der Waals surface area contributed by atoms with Crippen LogP contribution < -0.4 is 5.32 Å². The van der Waals surface area contributed by atoms with Crippen LogP contribution in [0.2, 0.25) is 5.02 Å². The zero-order valence-electron chi connectivity index (χ0n) is 15.3. The summed E-state index contributed by atoms with van der Waals surface area (Å²) in [6.07, 6.45) is -10.1. The van der Waals surface area contributed by atoms with Crippen LogP contribution in [0.5, 0.6) is 5.75 Å². The Hall–Kier alpha value is -3.20. The molecule has 2 N–H and O–H groups in total. The van der Waals surface area contributed by atoms with Gasteiger partial charge in [0.25, 0.3) is 5.91 Å². The molecule has 0 aromatic heterocycles. The smallest absolute Gasteiger partial charge is 0.416 e. The molecule has 0 fully saturated rings. The zero-order chi connectivity index (χ0) is 23.0. The van der Waals surface area contributed by atoms with Gasteiger partial charge in [0.1, 0.15) is 5.75 Å². The molecule has 0 saturated carbocycles. The number of anilines is 1. The molecule has 0 aliphatic heterocycles. The van der Waals surface area contributed by atoms with Crippen LogP contribution >= 0.6 is 11.6 Å². The van der Waals surface area contributed by atoms with E-state index in [1.165, 1.54) is 6.07 Å². The van der Waals surface area contributed by atoms with E-state index in [1.807, 2.05) is 5.32 Å². The molecule has 3 aromatic carbocycles. The van der Waals surface area contributed by atoms with E-state index in [-0.39, 0.29) is 11.1 Å². The SMILES string of the molecule is O=C(Nc1cc(C(F)(F)F)cc(C(F)(F)F)c1)c1cc(Cl)c(-c2ccccc2)cc1O. The maximum absolute atomic E-state index is 13.0. The van der Waals surface area contributed by atoms with E-state index in [9.17, 15) is 36.2 Å². The minimum Gasteiger partial charge on any atom is -0.507 e. The molecule has 0 bridgehead atoms. The molecule has 0 aliphatic carbocycles. The van der Waals surface area contributed by atoms with Gasteiger partial charge in [-0.15, -0.1) is 0 Å². The Balaban J connectivity index is 1.97. The second-order valence-electron chi connectivity index (χ2n) is 6.46. The second kappa shape index (κ2) is 8.14. The van der Waals surface area contributed by atoms with E-state index < -0.39 is 46.4 Å². The molecule has 3 rings (SSSR count). The number of alkyl halides is 6. The molecule has 31 heavy (non-hydrogen) atoms. The van der Waals surface area contributed by atoms with Gasteiger partial charge in [0.15, 0.2) is 0 Å². The molecular weight excluding hydrogens is 448 g/mol. The monoisotopic (exact) mass is 459 g/mol. The van der Waals surface area contributed by atoms with Crippen molar-refractivity contribution >= 4 is 23.2 Å². The maximum Gasteiger partial charge on any atom is 0.416 e. The van der Waals surface area contributed by atoms with Crippen LogP contribution in [0.1, 0.15) is 21.5 Å². The van der Waals surface area contributed by atoms with Crippen LogP contribution in [-0.4, -0.2) is 11.0 Å². The van der Waals surface area contributed by atoms with E-state index in [0.717, 1.165) is 6.07 Å². The topological polar surface area (TPSA) is 49.3 Å². The zero-order valence-corrected chi connectivity index (χ0v) is 16.0. The minimum absolute atomic E-state index is 0.0502. The summed E-state index contributed by atoms with van der Waals surface area (Å²) < 4.78 is 77.9. The number of nitrogens with one attached hydrogen (secondary N) is 1. The number of phenols is 1. The van der Waals surface area contributed by atoms with Gasteiger partial charge in [0, 0.05) is 16.3 Å². The van der Waals surface area contributed by atoms with E-state index in [4.69, 9.17) is 11.6 Å². The van der Waals surface area contributed by atoms with E-state index in [1.54, 1.807) is 30.3 Å². The highest BCUT2D eigenvalue weighted by Crippen LogP contribution is 2.38. The van der Waals surface area contributed by atoms with Gasteiger partial charge in [-0.05, 0) is 35.9 Å². The Morgan fingerprint density at radius 1 is 0.839 bits per heavy atom. The summed E-state index contributed by atoms with van der Waals surface area (Å²) in [6, 6.07) is 11.5. The summed E-state index contributed by atoms with van der Waals surface area (Å²) in [4.78, 5) is 12.5. The molecule has 0 spiro atoms. The number of benzene rings is 3. The predicted octanol–water partition coefficient (Wildman–Crippen LogP) is 7.00. The molecular formula is C21H12ClF6NO2. The molecule has 0 aliphatic rings. The van der Waals surface area contributed by atoms with Gasteiger partial charge in [-0.1, -0.05) is 41.9 Å². The number of hydrogen-bond donors (Lipinski definition) is 2. The van der Waals surface area contributed by atoms with Crippen LogP contribution in [0.15, 0.2) is 60.7 Å². The van der Waals surface area contributed by atoms with Crippen molar-refractivity contribution in [2.75, 3.05) is 5.32 Å². The average Bonchev–Trinajstić information content (AvgIpc) is 2.68. The Morgan fingerprint density at radius 2 is 1.39 bits per heavy atom. The van der Waals surface area contributed by atoms with Crippen molar-refractivity contribution in [3.8, 4) is 16.9 Å². The molecule has 162 valence electrons. The lowest BCUT2D eigenvalue weighted by Gasteiger charge is -2.15. The predicted molar refractivity (Wildman–Crippen MR) is 103 cm³/mol. The van der Waals surface area contributed by atoms with Crippen molar-refractivity contribution in [2.45, 2.75) is 12.4 Å². The Labute approximate surface area is 176 Å². The lowest BCUT2D eigenvalue weighted by atomic mass is 10.0. The first-order valence-electron chi connectivity index (χ1n) is 8.55. The van der Waals surface area contributed by atoms with Gasteiger partial charge in [-0.3, -0.25) is 4.79 Å². The number of carbonyl (C=O) groups is 1. The number of rotatable bonds is 3. The number of halogens is 7. The van der Waals surface area contributed by atoms with Crippen molar-refractivity contribution < 1.29 is 36.2 Å². The fourth-order valence-electron chi connectivity index (χ4n) is 2.81. The van der Waals surface area contributed by atoms with Gasteiger partial charge in [0.05, 0.1) is 16.7 Å². The molecule has 0 heterocycles. The fraction of sp³-hybridized carbons (Fsp3) is 0.0952. The number of phenolic OH excluding ortho intramolecular Hbond substituents is 1. The molecule has 3 aromatic rings. The van der Waals surface area contributed by atoms with Gasteiger partial charge in [-0.25, -0.2) is 0 Å². The third-order valence-electron chi connectivity index (χ3n) is 4.26. The van der Waals surface area contributed by atoms with Gasteiger partial charge in [-0.2, -0.15) is 26.3 Å². The molecule has 0 unspecified atom stereocenters. The number of aromatic hydroxyl groups is 1. The first kappa shape index (κ1) is 22.5. The Bertz CT molecular complexity index is 1090. The highest BCUT2D eigenvalue weighted by atomic mass is 35.5. The van der Waals surface area contributed by atoms with Crippen LogP contribution in [0.25, 0.3) is 11.1 Å². The molecule has 1 amide bonds. The molecule has 3 nitrogen and oxygen atoms in total. The standard InChI is InChI=1S/C21H12ClF6NO2/c22-17-9-16(18(30)10-15(17)11-4-2-1-3-5-11)19(31)29-14-7-12(20(23,24)25)6-13(8-14)21(26,27)28/h1-10,30H,(H,29,31). The average molecular weight is 460 g/mol. The normalized spacial score (nSPS) is 12.0. The van der Waals surface area contributed by atoms with Gasteiger partial charge in [0.2, 0.25) is 0 Å². The van der Waals surface area contributed by atoms with Crippen LogP contribution in [0.4, 0.5) is 32.0 Å². The number of amides is 1. The van der Waals surface area contributed by atoms with Crippen LogP contribution in [0.3, 0.4) is 0 Å². The van der Waals surface area contributed by atoms with E-state index in [2.05, 4.69) is 0 Å². The molecule has 0 radical (unpaired) electrons. The number of hydrogen-bond acceptors (Lipinski definition) is 2. The third kappa shape index (κ3) is 5.11. The summed E-state index contributed by atoms with van der Waals surface area (Å²) in [5.74, 6) is -1.68. The first-order chi connectivity index (χ1) is 14.4. The van der Waals surface area contributed by atoms with Crippen LogP contribution in [-0.2, 0) is 12.4 Å². The van der Waals surface area contributed by atoms with Gasteiger partial charge < -0.3 is 10.4 Å². The maximum atomic E-state index is 13.0. The molecule has 0 atom stereocenters. The van der Waals surface area contributed by atoms with Crippen molar-refractivity contribution in [1.82, 2.24) is 0 Å². The van der Waals surface area contributed by atoms with Crippen molar-refractivity contribution in [2.24, 2.45) is 0 Å². The summed E-state index contributed by atoms with van der Waals surface area (Å²) in [6.45, 7) is 0. The van der Waals surface area contributed by atoms with Gasteiger partial charge >= 0.3 is 12.4 Å². The van der Waals surface area contributed by atoms with Crippen molar-refractivity contribution in [3.63, 3.8) is 0 Å². The second-order valence-corrected chi connectivity index (χ2v) is 6.87. The highest BCUT2D eigenvalue weighted by molar-refractivity contribution is 6.34. The first-order valence-corrected chi connectivity index (χ1v) is 8.93. The molecule has 10 heteroatoms. The fourth-order valence-corrected chi connectivity index (χ4v) is 3.08. The Morgan fingerprint density at radius 3 is 1.90 bits per heavy atom. The lowest BCUT2D eigenvalue weighted by Crippen LogP contribution is -2.16. The van der Waals surface area contributed by atoms with Crippen molar-refractivity contribution in [1.29, 1.82) is 0 Å².